The van der Waals surface area contributed by atoms with E-state index in [0.29, 0.717) is 16.7 Å². The molecular formula is C9H6O3S. The van der Waals surface area contributed by atoms with Gasteiger partial charge in [0, 0.05) is 10.9 Å². The van der Waals surface area contributed by atoms with Crippen molar-refractivity contribution in [2.24, 2.45) is 0 Å². The predicted molar refractivity (Wildman–Crippen MR) is 48.6 cm³/mol. The van der Waals surface area contributed by atoms with E-state index >= 15 is 0 Å². The summed E-state index contributed by atoms with van der Waals surface area (Å²) in [5.74, 6) is 4.45. The molecule has 0 saturated carbocycles. The first-order valence-electron chi connectivity index (χ1n) is 3.40. The van der Waals surface area contributed by atoms with Gasteiger partial charge >= 0.3 is 5.97 Å². The molecule has 0 atom stereocenters. The van der Waals surface area contributed by atoms with Crippen LogP contribution in [0.3, 0.4) is 0 Å². The molecule has 0 unspecified atom stereocenters. The lowest BCUT2D eigenvalue weighted by Gasteiger charge is -1.90. The molecule has 4 heteroatoms. The van der Waals surface area contributed by atoms with Crippen LogP contribution in [0.15, 0.2) is 11.4 Å². The number of rotatable bonds is 1. The Morgan fingerprint density at radius 3 is 3.08 bits per heavy atom. The minimum absolute atomic E-state index is 0.385. The quantitative estimate of drug-likeness (QED) is 0.382. The third-order valence-electron chi connectivity index (χ3n) is 1.26. The second-order valence-electron chi connectivity index (χ2n) is 2.08. The molecule has 0 aliphatic heterocycles. The number of carbonyl (C=O) groups is 2. The van der Waals surface area contributed by atoms with Gasteiger partial charge in [-0.15, -0.1) is 11.3 Å². The van der Waals surface area contributed by atoms with Crippen LogP contribution in [0.4, 0.5) is 0 Å². The van der Waals surface area contributed by atoms with E-state index in [9.17, 15) is 9.59 Å². The van der Waals surface area contributed by atoms with Crippen molar-refractivity contribution in [2.75, 3.05) is 7.11 Å². The van der Waals surface area contributed by atoms with E-state index in [1.807, 2.05) is 0 Å². The molecular weight excluding hydrogens is 188 g/mol. The molecule has 0 bridgehead atoms. The molecule has 1 aromatic heterocycles. The molecule has 0 saturated heterocycles. The number of thiophene rings is 1. The van der Waals surface area contributed by atoms with Crippen molar-refractivity contribution in [3.05, 3.63) is 21.9 Å². The summed E-state index contributed by atoms with van der Waals surface area (Å²) in [6, 6.07) is 1.59. The molecule has 1 rings (SSSR count). The summed E-state index contributed by atoms with van der Waals surface area (Å²) in [6.45, 7) is 0. The lowest BCUT2D eigenvalue weighted by atomic mass is 10.3. The highest BCUT2D eigenvalue weighted by molar-refractivity contribution is 7.12. The maximum absolute atomic E-state index is 11.0. The van der Waals surface area contributed by atoms with Crippen LogP contribution in [0.2, 0.25) is 0 Å². The average molecular weight is 194 g/mol. The van der Waals surface area contributed by atoms with Crippen LogP contribution in [0.25, 0.3) is 0 Å². The van der Waals surface area contributed by atoms with E-state index in [2.05, 4.69) is 16.6 Å². The molecule has 0 aromatic carbocycles. The SMILES string of the molecule is COC(=O)c1cc(C#CC=O)cs1. The van der Waals surface area contributed by atoms with Crippen LogP contribution in [-0.4, -0.2) is 19.4 Å². The summed E-state index contributed by atoms with van der Waals surface area (Å²) in [4.78, 5) is 21.4. The summed E-state index contributed by atoms with van der Waals surface area (Å²) in [6.07, 6.45) is 0.509. The lowest BCUT2D eigenvalue weighted by Crippen LogP contribution is -1.96. The summed E-state index contributed by atoms with van der Waals surface area (Å²) in [5, 5.41) is 1.70. The van der Waals surface area contributed by atoms with Gasteiger partial charge in [-0.3, -0.25) is 4.79 Å². The van der Waals surface area contributed by atoms with Gasteiger partial charge in [0.25, 0.3) is 0 Å². The van der Waals surface area contributed by atoms with Crippen LogP contribution in [0, 0.1) is 11.8 Å². The molecule has 0 fully saturated rings. The average Bonchev–Trinajstić information content (AvgIpc) is 2.62. The third kappa shape index (κ3) is 2.42. The Labute approximate surface area is 79.3 Å². The fourth-order valence-electron chi connectivity index (χ4n) is 0.722. The van der Waals surface area contributed by atoms with Gasteiger partial charge in [0.1, 0.15) is 4.88 Å². The summed E-state index contributed by atoms with van der Waals surface area (Å²) < 4.78 is 4.51. The van der Waals surface area contributed by atoms with Crippen molar-refractivity contribution >= 4 is 23.6 Å². The largest absolute Gasteiger partial charge is 0.465 e. The Hall–Kier alpha value is -1.60. The zero-order valence-electron chi connectivity index (χ0n) is 6.87. The van der Waals surface area contributed by atoms with E-state index < -0.39 is 0 Å². The second-order valence-corrected chi connectivity index (χ2v) is 2.99. The first kappa shape index (κ1) is 9.49. The highest BCUT2D eigenvalue weighted by atomic mass is 32.1. The summed E-state index contributed by atoms with van der Waals surface area (Å²) >= 11 is 1.24. The van der Waals surface area contributed by atoms with E-state index in [-0.39, 0.29) is 5.97 Å². The molecule has 1 aromatic rings. The number of hydrogen-bond acceptors (Lipinski definition) is 4. The first-order chi connectivity index (χ1) is 6.27. The molecule has 0 radical (unpaired) electrons. The van der Waals surface area contributed by atoms with Gasteiger partial charge in [-0.25, -0.2) is 4.79 Å². The lowest BCUT2D eigenvalue weighted by molar-refractivity contribution is -0.103. The molecule has 0 spiro atoms. The first-order valence-corrected chi connectivity index (χ1v) is 4.28. The maximum atomic E-state index is 11.0. The fraction of sp³-hybridized carbons (Fsp3) is 0.111. The van der Waals surface area contributed by atoms with E-state index in [4.69, 9.17) is 0 Å². The Balaban J connectivity index is 2.86. The van der Waals surface area contributed by atoms with Gasteiger partial charge < -0.3 is 4.74 Å². The van der Waals surface area contributed by atoms with Crippen molar-refractivity contribution in [2.45, 2.75) is 0 Å². The van der Waals surface area contributed by atoms with Crippen molar-refractivity contribution in [3.63, 3.8) is 0 Å². The van der Waals surface area contributed by atoms with Crippen LogP contribution in [0.5, 0.6) is 0 Å². The van der Waals surface area contributed by atoms with Gasteiger partial charge in [-0.1, -0.05) is 5.92 Å². The van der Waals surface area contributed by atoms with Crippen molar-refractivity contribution in [3.8, 4) is 11.8 Å². The van der Waals surface area contributed by atoms with Crippen molar-refractivity contribution in [1.29, 1.82) is 0 Å². The van der Waals surface area contributed by atoms with Crippen molar-refractivity contribution < 1.29 is 14.3 Å². The van der Waals surface area contributed by atoms with Gasteiger partial charge in [-0.2, -0.15) is 0 Å². The number of methoxy groups -OCH3 is 1. The monoisotopic (exact) mass is 194 g/mol. The molecule has 3 nitrogen and oxygen atoms in total. The minimum atomic E-state index is -0.385. The summed E-state index contributed by atoms with van der Waals surface area (Å²) in [7, 11) is 1.32. The molecule has 0 N–H and O–H groups in total. The number of hydrogen-bond donors (Lipinski definition) is 0. The maximum Gasteiger partial charge on any atom is 0.348 e. The Morgan fingerprint density at radius 1 is 1.69 bits per heavy atom. The molecule has 1 heterocycles. The number of carbonyl (C=O) groups excluding carboxylic acids is 2. The molecule has 0 aliphatic carbocycles. The van der Waals surface area contributed by atoms with Crippen LogP contribution >= 0.6 is 11.3 Å². The smallest absolute Gasteiger partial charge is 0.348 e. The Bertz CT molecular complexity index is 381. The molecule has 66 valence electrons. The standard InChI is InChI=1S/C9H6O3S/c1-12-9(11)8-5-7(6-13-8)3-2-4-10/h4-6H,1H3. The van der Waals surface area contributed by atoms with E-state index in [1.165, 1.54) is 18.4 Å². The number of esters is 1. The van der Waals surface area contributed by atoms with Gasteiger partial charge in [0.2, 0.25) is 0 Å². The second kappa shape index (κ2) is 4.43. The Kier molecular flexibility index (Phi) is 3.23. The fourth-order valence-corrected chi connectivity index (χ4v) is 1.48. The molecule has 0 aliphatic rings. The van der Waals surface area contributed by atoms with Crippen molar-refractivity contribution in [1.82, 2.24) is 0 Å². The third-order valence-corrected chi connectivity index (χ3v) is 2.17. The van der Waals surface area contributed by atoms with Gasteiger partial charge in [0.05, 0.1) is 7.11 Å². The van der Waals surface area contributed by atoms with Crippen LogP contribution in [0.1, 0.15) is 15.2 Å². The zero-order chi connectivity index (χ0) is 9.68. The Morgan fingerprint density at radius 2 is 2.46 bits per heavy atom. The highest BCUT2D eigenvalue weighted by Gasteiger charge is 2.07. The van der Waals surface area contributed by atoms with Crippen LogP contribution in [-0.2, 0) is 9.53 Å². The molecule has 0 amide bonds. The minimum Gasteiger partial charge on any atom is -0.465 e. The summed E-state index contributed by atoms with van der Waals surface area (Å²) in [5.41, 5.74) is 0.650. The van der Waals surface area contributed by atoms with Crippen LogP contribution < -0.4 is 0 Å². The number of ether oxygens (including phenoxy) is 1. The predicted octanol–water partition coefficient (Wildman–Crippen LogP) is 1.09. The zero-order valence-corrected chi connectivity index (χ0v) is 7.68. The highest BCUT2D eigenvalue weighted by Crippen LogP contribution is 2.14. The van der Waals surface area contributed by atoms with E-state index in [0.717, 1.165) is 0 Å². The molecule has 13 heavy (non-hydrogen) atoms. The number of aldehydes is 1. The van der Waals surface area contributed by atoms with Gasteiger partial charge in [-0.05, 0) is 12.0 Å². The topological polar surface area (TPSA) is 43.4 Å². The van der Waals surface area contributed by atoms with E-state index in [1.54, 1.807) is 11.4 Å². The van der Waals surface area contributed by atoms with Gasteiger partial charge in [0.15, 0.2) is 6.29 Å². The normalized spacial score (nSPS) is 8.38.